The first-order valence-electron chi connectivity index (χ1n) is 7.64. The van der Waals surface area contributed by atoms with E-state index < -0.39 is 11.9 Å². The summed E-state index contributed by atoms with van der Waals surface area (Å²) in [6.07, 6.45) is 0. The first-order valence-corrected chi connectivity index (χ1v) is 8.84. The lowest BCUT2D eigenvalue weighted by atomic mass is 10.1. The number of amides is 1. The molecular formula is C18H17BrN2O5S. The number of hydrogen-bond acceptors (Lipinski definition) is 5. The molecule has 0 unspecified atom stereocenters. The van der Waals surface area contributed by atoms with Crippen LogP contribution in [0.25, 0.3) is 0 Å². The van der Waals surface area contributed by atoms with E-state index in [0.717, 1.165) is 10.0 Å². The highest BCUT2D eigenvalue weighted by atomic mass is 79.9. The lowest BCUT2D eigenvalue weighted by molar-refractivity contribution is 0.0696. The van der Waals surface area contributed by atoms with Gasteiger partial charge < -0.3 is 19.9 Å². The number of carbonyl (C=O) groups excluding carboxylic acids is 1. The second-order valence-electron chi connectivity index (χ2n) is 5.43. The molecule has 0 radical (unpaired) electrons. The largest absolute Gasteiger partial charge is 0.496 e. The number of nitrogens with one attached hydrogen (secondary N) is 2. The second kappa shape index (κ2) is 8.83. The van der Waals surface area contributed by atoms with Gasteiger partial charge in [0.05, 0.1) is 31.0 Å². The Kier molecular flexibility index (Phi) is 6.75. The smallest absolute Gasteiger partial charge is 0.335 e. The van der Waals surface area contributed by atoms with Crippen molar-refractivity contribution in [1.29, 1.82) is 0 Å². The number of halogens is 1. The summed E-state index contributed by atoms with van der Waals surface area (Å²) in [5.74, 6) is -0.747. The minimum atomic E-state index is -1.09. The number of ether oxygens (including phenoxy) is 2. The minimum absolute atomic E-state index is 0.0134. The van der Waals surface area contributed by atoms with Crippen LogP contribution in [0.3, 0.4) is 0 Å². The summed E-state index contributed by atoms with van der Waals surface area (Å²) in [6.45, 7) is 1.82. The van der Waals surface area contributed by atoms with E-state index in [-0.39, 0.29) is 10.7 Å². The van der Waals surface area contributed by atoms with Gasteiger partial charge in [-0.15, -0.1) is 0 Å². The summed E-state index contributed by atoms with van der Waals surface area (Å²) in [7, 11) is 2.92. The summed E-state index contributed by atoms with van der Waals surface area (Å²) in [6, 6.07) is 7.72. The van der Waals surface area contributed by atoms with Crippen LogP contribution in [0.2, 0.25) is 0 Å². The Morgan fingerprint density at radius 1 is 1.15 bits per heavy atom. The summed E-state index contributed by atoms with van der Waals surface area (Å²) >= 11 is 8.52. The van der Waals surface area contributed by atoms with Gasteiger partial charge in [-0.2, -0.15) is 0 Å². The predicted octanol–water partition coefficient (Wildman–Crippen LogP) is 3.60. The van der Waals surface area contributed by atoms with Crippen molar-refractivity contribution in [3.8, 4) is 11.5 Å². The van der Waals surface area contributed by atoms with Crippen LogP contribution in [-0.4, -0.2) is 36.3 Å². The van der Waals surface area contributed by atoms with E-state index in [9.17, 15) is 9.59 Å². The van der Waals surface area contributed by atoms with Gasteiger partial charge in [0.2, 0.25) is 0 Å². The highest BCUT2D eigenvalue weighted by Crippen LogP contribution is 2.28. The molecule has 0 aromatic heterocycles. The fraction of sp³-hybridized carbons (Fsp3) is 0.167. The molecule has 0 spiro atoms. The standard InChI is InChI=1S/C18H17BrN2O5S/c1-9-6-11(19)8-12(15(9)26-3)16(22)21-18(27)20-13-7-10(17(23)24)4-5-14(13)25-2/h4-8H,1-3H3,(H,23,24)(H2,20,21,22,27). The molecule has 0 aliphatic carbocycles. The molecule has 0 heterocycles. The third-order valence-corrected chi connectivity index (χ3v) is 4.27. The lowest BCUT2D eigenvalue weighted by Crippen LogP contribution is -2.34. The molecule has 2 aromatic carbocycles. The third-order valence-electron chi connectivity index (χ3n) is 3.61. The molecule has 0 aliphatic heterocycles. The van der Waals surface area contributed by atoms with Crippen LogP contribution < -0.4 is 20.1 Å². The zero-order valence-electron chi connectivity index (χ0n) is 14.8. The molecule has 9 heteroatoms. The number of benzene rings is 2. The van der Waals surface area contributed by atoms with Gasteiger partial charge in [0, 0.05) is 4.47 Å². The van der Waals surface area contributed by atoms with Gasteiger partial charge in [-0.05, 0) is 55.0 Å². The molecule has 2 rings (SSSR count). The summed E-state index contributed by atoms with van der Waals surface area (Å²) in [4.78, 5) is 23.7. The maximum atomic E-state index is 12.6. The Labute approximate surface area is 169 Å². The summed E-state index contributed by atoms with van der Waals surface area (Å²) in [5, 5.41) is 14.4. The number of carboxylic acids is 1. The molecule has 3 N–H and O–H groups in total. The van der Waals surface area contributed by atoms with Crippen LogP contribution in [0.1, 0.15) is 26.3 Å². The number of hydrogen-bond donors (Lipinski definition) is 3. The maximum Gasteiger partial charge on any atom is 0.335 e. The molecule has 27 heavy (non-hydrogen) atoms. The first-order chi connectivity index (χ1) is 12.8. The third kappa shape index (κ3) is 4.95. The van der Waals surface area contributed by atoms with Gasteiger partial charge in [-0.1, -0.05) is 15.9 Å². The van der Waals surface area contributed by atoms with Crippen molar-refractivity contribution in [2.45, 2.75) is 6.92 Å². The van der Waals surface area contributed by atoms with Crippen LogP contribution in [0.4, 0.5) is 5.69 Å². The Morgan fingerprint density at radius 3 is 2.44 bits per heavy atom. The zero-order chi connectivity index (χ0) is 20.1. The Balaban J connectivity index is 2.23. The fourth-order valence-corrected chi connectivity index (χ4v) is 3.21. The van der Waals surface area contributed by atoms with Crippen molar-refractivity contribution >= 4 is 50.8 Å². The molecule has 0 atom stereocenters. The highest BCUT2D eigenvalue weighted by molar-refractivity contribution is 9.10. The minimum Gasteiger partial charge on any atom is -0.496 e. The topological polar surface area (TPSA) is 96.9 Å². The molecule has 1 amide bonds. The van der Waals surface area contributed by atoms with E-state index in [0.29, 0.717) is 22.7 Å². The average molecular weight is 453 g/mol. The van der Waals surface area contributed by atoms with E-state index in [1.165, 1.54) is 32.4 Å². The number of anilines is 1. The van der Waals surface area contributed by atoms with E-state index in [1.807, 2.05) is 13.0 Å². The maximum absolute atomic E-state index is 12.6. The Hall–Kier alpha value is -2.65. The normalized spacial score (nSPS) is 10.1. The molecule has 7 nitrogen and oxygen atoms in total. The van der Waals surface area contributed by atoms with Gasteiger partial charge in [0.1, 0.15) is 11.5 Å². The average Bonchev–Trinajstić information content (AvgIpc) is 2.60. The quantitative estimate of drug-likeness (QED) is 0.596. The van der Waals surface area contributed by atoms with E-state index in [1.54, 1.807) is 6.07 Å². The molecule has 0 fully saturated rings. The van der Waals surface area contributed by atoms with Crippen molar-refractivity contribution < 1.29 is 24.2 Å². The molecule has 0 bridgehead atoms. The molecular weight excluding hydrogens is 436 g/mol. The number of carboxylic acid groups (broad SMARTS) is 1. The van der Waals surface area contributed by atoms with E-state index in [4.69, 9.17) is 26.8 Å². The van der Waals surface area contributed by atoms with E-state index >= 15 is 0 Å². The SMILES string of the molecule is COc1ccc(C(=O)O)cc1NC(=S)NC(=O)c1cc(Br)cc(C)c1OC. The van der Waals surface area contributed by atoms with Crippen LogP contribution in [-0.2, 0) is 0 Å². The van der Waals surface area contributed by atoms with Crippen LogP contribution >= 0.6 is 28.1 Å². The Morgan fingerprint density at radius 2 is 1.85 bits per heavy atom. The van der Waals surface area contributed by atoms with Gasteiger partial charge in [-0.3, -0.25) is 10.1 Å². The van der Waals surface area contributed by atoms with Crippen LogP contribution in [0.15, 0.2) is 34.8 Å². The van der Waals surface area contributed by atoms with Crippen molar-refractivity contribution in [3.63, 3.8) is 0 Å². The molecule has 2 aromatic rings. The van der Waals surface area contributed by atoms with E-state index in [2.05, 4.69) is 26.6 Å². The second-order valence-corrected chi connectivity index (χ2v) is 6.76. The van der Waals surface area contributed by atoms with Gasteiger partial charge >= 0.3 is 5.97 Å². The van der Waals surface area contributed by atoms with Gasteiger partial charge in [0.25, 0.3) is 5.91 Å². The first kappa shape index (κ1) is 20.7. The van der Waals surface area contributed by atoms with Gasteiger partial charge in [-0.25, -0.2) is 4.79 Å². The highest BCUT2D eigenvalue weighted by Gasteiger charge is 2.17. The van der Waals surface area contributed by atoms with Crippen LogP contribution in [0, 0.1) is 6.92 Å². The number of aryl methyl sites for hydroxylation is 1. The number of aromatic carboxylic acids is 1. The number of methoxy groups -OCH3 is 2. The summed E-state index contributed by atoms with van der Waals surface area (Å²) in [5.41, 5.74) is 1.46. The predicted molar refractivity (Wildman–Crippen MR) is 109 cm³/mol. The van der Waals surface area contributed by atoms with Crippen molar-refractivity contribution in [3.05, 3.63) is 51.5 Å². The van der Waals surface area contributed by atoms with Crippen molar-refractivity contribution in [2.75, 3.05) is 19.5 Å². The van der Waals surface area contributed by atoms with Crippen LogP contribution in [0.5, 0.6) is 11.5 Å². The molecule has 0 aliphatic rings. The fourth-order valence-electron chi connectivity index (χ4n) is 2.43. The number of rotatable bonds is 5. The number of thiocarbonyl (C=S) groups is 1. The van der Waals surface area contributed by atoms with Crippen molar-refractivity contribution in [2.24, 2.45) is 0 Å². The Bertz CT molecular complexity index is 917. The number of carbonyl (C=O) groups is 2. The molecule has 0 saturated heterocycles. The molecule has 0 saturated carbocycles. The lowest BCUT2D eigenvalue weighted by Gasteiger charge is -2.15. The molecule has 142 valence electrons. The summed E-state index contributed by atoms with van der Waals surface area (Å²) < 4.78 is 11.2. The monoisotopic (exact) mass is 452 g/mol. The zero-order valence-corrected chi connectivity index (χ0v) is 17.2. The van der Waals surface area contributed by atoms with Gasteiger partial charge in [0.15, 0.2) is 5.11 Å². The van der Waals surface area contributed by atoms with Crippen molar-refractivity contribution in [1.82, 2.24) is 5.32 Å².